The predicted molar refractivity (Wildman–Crippen MR) is 152 cm³/mol. The minimum atomic E-state index is -0.224. The number of allylic oxidation sites excluding steroid dienone is 2. The molecule has 0 aliphatic carbocycles. The minimum absolute atomic E-state index is 0.109. The molecule has 2 aromatic rings. The Hall–Kier alpha value is -3.52. The lowest BCUT2D eigenvalue weighted by molar-refractivity contribution is 0.0845. The highest BCUT2D eigenvalue weighted by atomic mass is 16.5. The van der Waals surface area contributed by atoms with Gasteiger partial charge in [-0.05, 0) is 64.9 Å². The molecule has 0 radical (unpaired) electrons. The zero-order chi connectivity index (χ0) is 28.1. The first kappa shape index (κ1) is 28.5. The highest BCUT2D eigenvalue weighted by Crippen LogP contribution is 2.37. The first-order chi connectivity index (χ1) is 18.8. The summed E-state index contributed by atoms with van der Waals surface area (Å²) in [5.41, 5.74) is 4.88. The number of anilines is 1. The van der Waals surface area contributed by atoms with Crippen molar-refractivity contribution in [2.45, 2.75) is 52.6 Å². The fourth-order valence-electron chi connectivity index (χ4n) is 5.56. The quantitative estimate of drug-likeness (QED) is 0.441. The number of furan rings is 1. The van der Waals surface area contributed by atoms with Crippen LogP contribution in [0.2, 0.25) is 0 Å². The number of hydrogen-bond donors (Lipinski definition) is 2. The number of nitrogens with one attached hydrogen (secondary N) is 2. The molecule has 0 unspecified atom stereocenters. The largest absolute Gasteiger partial charge is 0.496 e. The third-order valence-electron chi connectivity index (χ3n) is 7.31. The van der Waals surface area contributed by atoms with E-state index < -0.39 is 0 Å². The molecule has 0 bridgehead atoms. The Morgan fingerprint density at radius 1 is 1.23 bits per heavy atom. The summed E-state index contributed by atoms with van der Waals surface area (Å²) in [6.07, 6.45) is 4.36. The van der Waals surface area contributed by atoms with E-state index in [0.29, 0.717) is 41.5 Å². The SMILES string of the molecule is CCc1c(N(CC)C2CCOCC2)cc2oc(CN(C)C)cc2c1C(=O)NCC1=C(OC)C=C(C)NC1=C=O. The summed E-state index contributed by atoms with van der Waals surface area (Å²) in [6.45, 7) is 9.08. The predicted octanol–water partition coefficient (Wildman–Crippen LogP) is 3.91. The number of ether oxygens (including phenoxy) is 2. The van der Waals surface area contributed by atoms with E-state index in [1.807, 2.05) is 37.9 Å². The van der Waals surface area contributed by atoms with Crippen LogP contribution in [0.3, 0.4) is 0 Å². The molecule has 9 heteroatoms. The third kappa shape index (κ3) is 6.06. The molecule has 1 fully saturated rings. The normalized spacial score (nSPS) is 16.3. The van der Waals surface area contributed by atoms with Gasteiger partial charge >= 0.3 is 0 Å². The number of benzene rings is 1. The summed E-state index contributed by atoms with van der Waals surface area (Å²) in [5, 5.41) is 6.86. The van der Waals surface area contributed by atoms with Gasteiger partial charge in [-0.1, -0.05) is 6.92 Å². The fourth-order valence-corrected chi connectivity index (χ4v) is 5.56. The Kier molecular flexibility index (Phi) is 9.17. The number of hydrogen-bond acceptors (Lipinski definition) is 8. The van der Waals surface area contributed by atoms with Gasteiger partial charge in [-0.15, -0.1) is 0 Å². The number of fused-ring (bicyclic) bond motifs is 1. The molecule has 2 aliphatic rings. The van der Waals surface area contributed by atoms with Crippen LogP contribution in [0.25, 0.3) is 11.0 Å². The van der Waals surface area contributed by atoms with Crippen molar-refractivity contribution in [3.63, 3.8) is 0 Å². The second kappa shape index (κ2) is 12.6. The Labute approximate surface area is 230 Å². The lowest BCUT2D eigenvalue weighted by Crippen LogP contribution is -2.40. The first-order valence-corrected chi connectivity index (χ1v) is 13.6. The lowest BCUT2D eigenvalue weighted by atomic mass is 9.95. The molecular formula is C30H40N4O5. The van der Waals surface area contributed by atoms with Crippen LogP contribution in [0.5, 0.6) is 0 Å². The maximum Gasteiger partial charge on any atom is 0.252 e. The standard InChI is InChI=1S/C30H40N4O5/c1-7-22-26(34(8-2)20-9-11-38-12-10-20)15-28-23(14-21(39-28)17-33(4)5)29(22)30(36)31-16-24-25(18-35)32-19(3)13-27(24)37-6/h13-15,20,32H,7-12,16-17H2,1-6H3,(H,31,36). The van der Waals surface area contributed by atoms with Crippen molar-refractivity contribution in [3.8, 4) is 0 Å². The van der Waals surface area contributed by atoms with Gasteiger partial charge in [0.2, 0.25) is 0 Å². The van der Waals surface area contributed by atoms with Gasteiger partial charge in [-0.3, -0.25) is 4.79 Å². The van der Waals surface area contributed by atoms with Crippen molar-refractivity contribution in [1.82, 2.24) is 15.5 Å². The van der Waals surface area contributed by atoms with Crippen molar-refractivity contribution in [3.05, 3.63) is 57.8 Å². The van der Waals surface area contributed by atoms with Crippen molar-refractivity contribution in [2.75, 3.05) is 52.4 Å². The zero-order valence-corrected chi connectivity index (χ0v) is 23.9. The van der Waals surface area contributed by atoms with E-state index in [-0.39, 0.29) is 18.1 Å². The molecule has 1 aromatic heterocycles. The number of amides is 1. The van der Waals surface area contributed by atoms with E-state index in [1.54, 1.807) is 13.2 Å². The molecule has 0 saturated carbocycles. The molecule has 1 amide bonds. The molecule has 1 saturated heterocycles. The fraction of sp³-hybridized carbons (Fsp3) is 0.500. The second-order valence-corrected chi connectivity index (χ2v) is 10.3. The number of rotatable bonds is 10. The summed E-state index contributed by atoms with van der Waals surface area (Å²) in [7, 11) is 5.52. The third-order valence-corrected chi connectivity index (χ3v) is 7.31. The molecule has 0 atom stereocenters. The molecular weight excluding hydrogens is 496 g/mol. The Morgan fingerprint density at radius 2 is 1.97 bits per heavy atom. The van der Waals surface area contributed by atoms with E-state index in [1.165, 1.54) is 0 Å². The van der Waals surface area contributed by atoms with Gasteiger partial charge in [0.15, 0.2) is 5.94 Å². The molecule has 210 valence electrons. The maximum atomic E-state index is 14.0. The molecule has 0 spiro atoms. The number of nitrogens with zero attached hydrogens (tertiary/aromatic N) is 2. The van der Waals surface area contributed by atoms with Crippen LogP contribution in [-0.2, 0) is 27.2 Å². The molecule has 4 rings (SSSR count). The monoisotopic (exact) mass is 536 g/mol. The lowest BCUT2D eigenvalue weighted by Gasteiger charge is -2.37. The molecule has 1 aromatic carbocycles. The number of methoxy groups -OCH3 is 1. The molecule has 2 N–H and O–H groups in total. The molecule has 2 aliphatic heterocycles. The summed E-state index contributed by atoms with van der Waals surface area (Å²) >= 11 is 0. The van der Waals surface area contributed by atoms with Gasteiger partial charge in [0, 0.05) is 60.8 Å². The van der Waals surface area contributed by atoms with Crippen LogP contribution in [0.4, 0.5) is 5.69 Å². The Morgan fingerprint density at radius 3 is 2.59 bits per heavy atom. The van der Waals surface area contributed by atoms with Crippen LogP contribution in [0.1, 0.15) is 55.3 Å². The van der Waals surface area contributed by atoms with Gasteiger partial charge in [0.05, 0.1) is 19.2 Å². The van der Waals surface area contributed by atoms with E-state index in [0.717, 1.165) is 60.7 Å². The van der Waals surface area contributed by atoms with Gasteiger partial charge in [0.25, 0.3) is 5.91 Å². The Bertz CT molecular complexity index is 1330. The van der Waals surface area contributed by atoms with Crippen molar-refractivity contribution >= 4 is 28.5 Å². The Balaban J connectivity index is 1.80. The van der Waals surface area contributed by atoms with Crippen LogP contribution in [0, 0.1) is 0 Å². The molecule has 39 heavy (non-hydrogen) atoms. The van der Waals surface area contributed by atoms with Crippen molar-refractivity contribution in [1.29, 1.82) is 0 Å². The van der Waals surface area contributed by atoms with Crippen LogP contribution in [-0.4, -0.2) is 70.3 Å². The smallest absolute Gasteiger partial charge is 0.252 e. The minimum Gasteiger partial charge on any atom is -0.496 e. The second-order valence-electron chi connectivity index (χ2n) is 10.3. The number of carbonyl (C=O) groups excluding carboxylic acids is 2. The molecule has 9 nitrogen and oxygen atoms in total. The van der Waals surface area contributed by atoms with Gasteiger partial charge in [-0.25, -0.2) is 4.79 Å². The average molecular weight is 537 g/mol. The molecule has 3 heterocycles. The van der Waals surface area contributed by atoms with Crippen LogP contribution >= 0.6 is 0 Å². The van der Waals surface area contributed by atoms with Gasteiger partial charge < -0.3 is 34.3 Å². The summed E-state index contributed by atoms with van der Waals surface area (Å²) in [5.74, 6) is 3.04. The van der Waals surface area contributed by atoms with Gasteiger partial charge in [0.1, 0.15) is 22.8 Å². The van der Waals surface area contributed by atoms with Crippen LogP contribution < -0.4 is 15.5 Å². The summed E-state index contributed by atoms with van der Waals surface area (Å²) < 4.78 is 17.4. The van der Waals surface area contributed by atoms with E-state index in [4.69, 9.17) is 13.9 Å². The number of carbonyl (C=O) groups is 1. The first-order valence-electron chi connectivity index (χ1n) is 13.6. The maximum absolute atomic E-state index is 14.0. The zero-order valence-electron chi connectivity index (χ0n) is 23.9. The highest BCUT2D eigenvalue weighted by molar-refractivity contribution is 6.09. The van der Waals surface area contributed by atoms with E-state index >= 15 is 0 Å². The van der Waals surface area contributed by atoms with Crippen molar-refractivity contribution < 1.29 is 23.5 Å². The summed E-state index contributed by atoms with van der Waals surface area (Å²) in [6, 6.07) is 4.40. The highest BCUT2D eigenvalue weighted by Gasteiger charge is 2.28. The average Bonchev–Trinajstić information content (AvgIpc) is 3.32. The summed E-state index contributed by atoms with van der Waals surface area (Å²) in [4.78, 5) is 30.1. The van der Waals surface area contributed by atoms with Gasteiger partial charge in [-0.2, -0.15) is 0 Å². The van der Waals surface area contributed by atoms with E-state index in [2.05, 4.69) is 35.4 Å². The van der Waals surface area contributed by atoms with Crippen LogP contribution in [0.15, 0.2) is 45.4 Å². The topological polar surface area (TPSA) is 96.3 Å². The van der Waals surface area contributed by atoms with E-state index in [9.17, 15) is 9.59 Å². The van der Waals surface area contributed by atoms with Crippen molar-refractivity contribution in [2.24, 2.45) is 0 Å². The number of dihydropyridines is 1.